The fraction of sp³-hybridized carbons (Fsp3) is 0.393. The number of nitrogens with one attached hydrogen (secondary N) is 1. The highest BCUT2D eigenvalue weighted by molar-refractivity contribution is 7.09. The van der Waals surface area contributed by atoms with Crippen LogP contribution in [0.3, 0.4) is 0 Å². The SMILES string of the molecule is COc1cc(CN(C(=O)c2ccccc2OC)[C@H]2CCCCNC2=O)ccc1OCCc1scnc1C. The average Bonchev–Trinajstić information content (AvgIpc) is 3.21. The van der Waals surface area contributed by atoms with Gasteiger partial charge in [-0.05, 0) is 56.0 Å². The van der Waals surface area contributed by atoms with Gasteiger partial charge in [-0.2, -0.15) is 0 Å². The maximum absolute atomic E-state index is 13.8. The first-order valence-corrected chi connectivity index (χ1v) is 13.3. The Bertz CT molecular complexity index is 1230. The Hall–Kier alpha value is -3.59. The van der Waals surface area contributed by atoms with Gasteiger partial charge < -0.3 is 24.4 Å². The molecule has 1 fully saturated rings. The standard InChI is InChI=1S/C28H33N3O5S/c1-19-26(37-18-30-19)13-15-36-24-12-11-20(16-25(24)35-3)17-31(22-9-6-7-14-29-27(22)32)28(33)21-8-4-5-10-23(21)34-2/h4-5,8,10-12,16,18,22H,6-7,9,13-15,17H2,1-3H3,(H,29,32)/t22-/m0/s1. The number of ether oxygens (including phenoxy) is 3. The molecule has 2 heterocycles. The van der Waals surface area contributed by atoms with E-state index in [1.807, 2.05) is 36.7 Å². The van der Waals surface area contributed by atoms with Crippen LogP contribution in [0.25, 0.3) is 0 Å². The van der Waals surface area contributed by atoms with Crippen molar-refractivity contribution in [2.75, 3.05) is 27.4 Å². The largest absolute Gasteiger partial charge is 0.496 e. The molecule has 1 atom stereocenters. The van der Waals surface area contributed by atoms with E-state index in [0.29, 0.717) is 42.4 Å². The number of hydrogen-bond donors (Lipinski definition) is 1. The van der Waals surface area contributed by atoms with Crippen LogP contribution in [0.5, 0.6) is 17.2 Å². The zero-order valence-corrected chi connectivity index (χ0v) is 22.3. The topological polar surface area (TPSA) is 90.0 Å². The molecule has 2 amide bonds. The highest BCUT2D eigenvalue weighted by Crippen LogP contribution is 2.31. The second-order valence-corrected chi connectivity index (χ2v) is 9.82. The summed E-state index contributed by atoms with van der Waals surface area (Å²) in [5.41, 5.74) is 4.13. The predicted octanol–water partition coefficient (Wildman–Crippen LogP) is 4.40. The molecule has 3 aromatic rings. The number of amides is 2. The maximum Gasteiger partial charge on any atom is 0.258 e. The molecule has 37 heavy (non-hydrogen) atoms. The number of benzene rings is 2. The normalized spacial score (nSPS) is 15.4. The van der Waals surface area contributed by atoms with Gasteiger partial charge >= 0.3 is 0 Å². The molecular weight excluding hydrogens is 490 g/mol. The van der Waals surface area contributed by atoms with Crippen molar-refractivity contribution in [2.45, 2.75) is 45.2 Å². The van der Waals surface area contributed by atoms with Crippen molar-refractivity contribution in [2.24, 2.45) is 0 Å². The van der Waals surface area contributed by atoms with Crippen LogP contribution < -0.4 is 19.5 Å². The van der Waals surface area contributed by atoms with E-state index in [2.05, 4.69) is 10.3 Å². The van der Waals surface area contributed by atoms with Crippen molar-refractivity contribution in [3.63, 3.8) is 0 Å². The van der Waals surface area contributed by atoms with Crippen molar-refractivity contribution in [3.05, 3.63) is 69.7 Å². The fourth-order valence-electron chi connectivity index (χ4n) is 4.47. The molecule has 2 aromatic carbocycles. The number of carbonyl (C=O) groups excluding carboxylic acids is 2. The molecule has 0 bridgehead atoms. The van der Waals surface area contributed by atoms with Crippen molar-refractivity contribution < 1.29 is 23.8 Å². The number of thiazole rings is 1. The van der Waals surface area contributed by atoms with Gasteiger partial charge in [0.25, 0.3) is 5.91 Å². The zero-order chi connectivity index (χ0) is 26.2. The first kappa shape index (κ1) is 26.5. The number of aryl methyl sites for hydroxylation is 1. The average molecular weight is 524 g/mol. The first-order chi connectivity index (χ1) is 18.0. The molecule has 1 aromatic heterocycles. The van der Waals surface area contributed by atoms with Crippen LogP contribution in [-0.4, -0.2) is 55.1 Å². The van der Waals surface area contributed by atoms with E-state index in [1.165, 1.54) is 12.0 Å². The quantitative estimate of drug-likeness (QED) is 0.424. The number of para-hydroxylation sites is 1. The molecule has 0 radical (unpaired) electrons. The summed E-state index contributed by atoms with van der Waals surface area (Å²) >= 11 is 1.62. The van der Waals surface area contributed by atoms with E-state index in [1.54, 1.807) is 41.5 Å². The Kier molecular flexibility index (Phi) is 9.00. The van der Waals surface area contributed by atoms with Crippen molar-refractivity contribution in [1.82, 2.24) is 15.2 Å². The molecule has 1 aliphatic rings. The van der Waals surface area contributed by atoms with Gasteiger partial charge in [0.15, 0.2) is 11.5 Å². The second kappa shape index (κ2) is 12.6. The number of hydrogen-bond acceptors (Lipinski definition) is 7. The summed E-state index contributed by atoms with van der Waals surface area (Å²) in [5.74, 6) is 1.30. The summed E-state index contributed by atoms with van der Waals surface area (Å²) in [7, 11) is 3.13. The lowest BCUT2D eigenvalue weighted by Gasteiger charge is -2.31. The lowest BCUT2D eigenvalue weighted by atomic mass is 10.0. The van der Waals surface area contributed by atoms with Crippen molar-refractivity contribution >= 4 is 23.2 Å². The van der Waals surface area contributed by atoms with E-state index in [9.17, 15) is 9.59 Å². The summed E-state index contributed by atoms with van der Waals surface area (Å²) < 4.78 is 17.1. The zero-order valence-electron chi connectivity index (χ0n) is 21.5. The molecule has 196 valence electrons. The van der Waals surface area contributed by atoms with Gasteiger partial charge in [-0.15, -0.1) is 11.3 Å². The van der Waals surface area contributed by atoms with Gasteiger partial charge in [0.2, 0.25) is 5.91 Å². The van der Waals surface area contributed by atoms with Gasteiger partial charge in [-0.25, -0.2) is 4.98 Å². The predicted molar refractivity (Wildman–Crippen MR) is 143 cm³/mol. The molecule has 0 unspecified atom stereocenters. The Morgan fingerprint density at radius 3 is 2.68 bits per heavy atom. The van der Waals surface area contributed by atoms with Crippen LogP contribution in [0.4, 0.5) is 0 Å². The van der Waals surface area contributed by atoms with Crippen LogP contribution in [0.1, 0.15) is 45.8 Å². The van der Waals surface area contributed by atoms with Gasteiger partial charge in [0.1, 0.15) is 11.8 Å². The van der Waals surface area contributed by atoms with Gasteiger partial charge in [0, 0.05) is 24.4 Å². The number of nitrogens with zero attached hydrogens (tertiary/aromatic N) is 2. The summed E-state index contributed by atoms with van der Waals surface area (Å²) in [4.78, 5) is 33.9. The molecule has 8 nitrogen and oxygen atoms in total. The summed E-state index contributed by atoms with van der Waals surface area (Å²) in [6.45, 7) is 3.35. The summed E-state index contributed by atoms with van der Waals surface area (Å²) in [6, 6.07) is 12.1. The minimum atomic E-state index is -0.579. The number of rotatable bonds is 10. The minimum absolute atomic E-state index is 0.133. The lowest BCUT2D eigenvalue weighted by Crippen LogP contribution is -2.48. The third-order valence-corrected chi connectivity index (χ3v) is 7.49. The molecule has 1 N–H and O–H groups in total. The molecule has 9 heteroatoms. The molecule has 4 rings (SSSR count). The molecule has 0 aliphatic carbocycles. The first-order valence-electron chi connectivity index (χ1n) is 12.4. The maximum atomic E-state index is 13.8. The van der Waals surface area contributed by atoms with Crippen LogP contribution >= 0.6 is 11.3 Å². The van der Waals surface area contributed by atoms with Crippen molar-refractivity contribution in [3.8, 4) is 17.2 Å². The van der Waals surface area contributed by atoms with Gasteiger partial charge in [0.05, 0.1) is 37.6 Å². The van der Waals surface area contributed by atoms with Gasteiger partial charge in [-0.3, -0.25) is 9.59 Å². The van der Waals surface area contributed by atoms with Crippen LogP contribution in [0.15, 0.2) is 48.0 Å². The van der Waals surface area contributed by atoms with E-state index in [4.69, 9.17) is 14.2 Å². The van der Waals surface area contributed by atoms with E-state index in [-0.39, 0.29) is 18.4 Å². The van der Waals surface area contributed by atoms with E-state index in [0.717, 1.165) is 30.5 Å². The van der Waals surface area contributed by atoms with Gasteiger partial charge in [-0.1, -0.05) is 18.2 Å². The Morgan fingerprint density at radius 1 is 1.11 bits per heavy atom. The highest BCUT2D eigenvalue weighted by Gasteiger charge is 2.32. The Balaban J connectivity index is 1.57. The monoisotopic (exact) mass is 523 g/mol. The molecule has 0 spiro atoms. The van der Waals surface area contributed by atoms with Crippen molar-refractivity contribution in [1.29, 1.82) is 0 Å². The smallest absolute Gasteiger partial charge is 0.258 e. The molecule has 1 aliphatic heterocycles. The third kappa shape index (κ3) is 6.40. The van der Waals surface area contributed by atoms with E-state index < -0.39 is 6.04 Å². The minimum Gasteiger partial charge on any atom is -0.496 e. The summed E-state index contributed by atoms with van der Waals surface area (Å²) in [5, 5.41) is 2.95. The molecule has 0 saturated carbocycles. The lowest BCUT2D eigenvalue weighted by molar-refractivity contribution is -0.125. The fourth-order valence-corrected chi connectivity index (χ4v) is 5.23. The highest BCUT2D eigenvalue weighted by atomic mass is 32.1. The number of aromatic nitrogens is 1. The number of carbonyl (C=O) groups is 2. The second-order valence-electron chi connectivity index (χ2n) is 8.88. The van der Waals surface area contributed by atoms with Crippen LogP contribution in [0.2, 0.25) is 0 Å². The third-order valence-electron chi connectivity index (χ3n) is 6.49. The van der Waals surface area contributed by atoms with Crippen LogP contribution in [-0.2, 0) is 17.8 Å². The van der Waals surface area contributed by atoms with E-state index >= 15 is 0 Å². The summed E-state index contributed by atoms with van der Waals surface area (Å²) in [6.07, 6.45) is 3.11. The molecule has 1 saturated heterocycles. The Labute approximate surface area is 221 Å². The number of methoxy groups -OCH3 is 2. The molecular formula is C28H33N3O5S. The van der Waals surface area contributed by atoms with Crippen LogP contribution in [0, 0.1) is 6.92 Å². The Morgan fingerprint density at radius 2 is 1.92 bits per heavy atom.